The van der Waals surface area contributed by atoms with Gasteiger partial charge in [-0.2, -0.15) is 0 Å². The van der Waals surface area contributed by atoms with Crippen LogP contribution in [0.2, 0.25) is 0 Å². The molecule has 0 bridgehead atoms. The molecule has 0 aromatic carbocycles. The van der Waals surface area contributed by atoms with Crippen molar-refractivity contribution < 1.29 is 13.2 Å². The van der Waals surface area contributed by atoms with Crippen molar-refractivity contribution >= 4 is 45.2 Å². The minimum atomic E-state index is -2.85. The third-order valence-corrected chi connectivity index (χ3v) is 3.80. The Kier molecular flexibility index (Phi) is 3.56. The van der Waals surface area contributed by atoms with Gasteiger partial charge in [0, 0.05) is 3.57 Å². The topological polar surface area (TPSA) is 12.9 Å². The predicted octanol–water partition coefficient (Wildman–Crippen LogP) is 3.37. The number of alkyl halides is 2. The van der Waals surface area contributed by atoms with Crippen LogP contribution in [0.15, 0.2) is 6.07 Å². The van der Waals surface area contributed by atoms with Gasteiger partial charge in [-0.3, -0.25) is 0 Å². The van der Waals surface area contributed by atoms with Crippen LogP contribution < -0.4 is 0 Å². The van der Waals surface area contributed by atoms with E-state index in [2.05, 4.69) is 4.98 Å². The summed E-state index contributed by atoms with van der Waals surface area (Å²) < 4.78 is 37.7. The minimum Gasteiger partial charge on any atom is -0.237 e. The molecule has 0 aliphatic carbocycles. The SMILES string of the molecule is Fc1cc(I)c(I)nc1C(F)F. The number of hydrogen-bond donors (Lipinski definition) is 0. The molecule has 1 nitrogen and oxygen atoms in total. The summed E-state index contributed by atoms with van der Waals surface area (Å²) in [5, 5.41) is 0. The fraction of sp³-hybridized carbons (Fsp3) is 0.167. The van der Waals surface area contributed by atoms with Gasteiger partial charge in [0.15, 0.2) is 5.82 Å². The van der Waals surface area contributed by atoms with E-state index in [1.54, 1.807) is 22.6 Å². The van der Waals surface area contributed by atoms with E-state index in [1.807, 2.05) is 22.6 Å². The lowest BCUT2D eigenvalue weighted by atomic mass is 10.3. The predicted molar refractivity (Wildman–Crippen MR) is 54.6 cm³/mol. The molecule has 0 fully saturated rings. The Labute approximate surface area is 94.0 Å². The Morgan fingerprint density at radius 2 is 1.92 bits per heavy atom. The fourth-order valence-corrected chi connectivity index (χ4v) is 1.42. The second kappa shape index (κ2) is 4.07. The Morgan fingerprint density at radius 3 is 2.42 bits per heavy atom. The van der Waals surface area contributed by atoms with E-state index >= 15 is 0 Å². The Bertz CT molecular complexity index is 303. The third-order valence-electron chi connectivity index (χ3n) is 1.12. The van der Waals surface area contributed by atoms with Crippen LogP contribution in [-0.4, -0.2) is 4.98 Å². The lowest BCUT2D eigenvalue weighted by Gasteiger charge is -2.02. The first kappa shape index (κ1) is 10.5. The van der Waals surface area contributed by atoms with Gasteiger partial charge < -0.3 is 0 Å². The van der Waals surface area contributed by atoms with Crippen molar-refractivity contribution in [2.24, 2.45) is 0 Å². The van der Waals surface area contributed by atoms with Crippen molar-refractivity contribution in [1.29, 1.82) is 0 Å². The van der Waals surface area contributed by atoms with Gasteiger partial charge in [-0.25, -0.2) is 18.2 Å². The molecular formula is C6H2F3I2N. The molecule has 1 aromatic rings. The number of rotatable bonds is 1. The van der Waals surface area contributed by atoms with Crippen molar-refractivity contribution in [2.75, 3.05) is 0 Å². The molecule has 0 amide bonds. The zero-order chi connectivity index (χ0) is 9.30. The first-order valence-electron chi connectivity index (χ1n) is 2.82. The zero-order valence-electron chi connectivity index (χ0n) is 5.49. The maximum Gasteiger partial charge on any atom is 0.283 e. The van der Waals surface area contributed by atoms with Crippen molar-refractivity contribution in [2.45, 2.75) is 6.43 Å². The van der Waals surface area contributed by atoms with E-state index in [0.717, 1.165) is 6.07 Å². The van der Waals surface area contributed by atoms with Crippen molar-refractivity contribution in [1.82, 2.24) is 4.98 Å². The minimum absolute atomic E-state index is 0.393. The highest BCUT2D eigenvalue weighted by atomic mass is 127. The normalized spacial score (nSPS) is 10.8. The van der Waals surface area contributed by atoms with E-state index in [4.69, 9.17) is 0 Å². The summed E-state index contributed by atoms with van der Waals surface area (Å²) in [5.41, 5.74) is -0.778. The van der Waals surface area contributed by atoms with Crippen molar-refractivity contribution in [3.8, 4) is 0 Å². The zero-order valence-corrected chi connectivity index (χ0v) is 9.81. The molecule has 0 saturated carbocycles. The molecular weight excluding hydrogens is 397 g/mol. The number of halogens is 5. The quantitative estimate of drug-likeness (QED) is 0.522. The molecule has 0 unspecified atom stereocenters. The summed E-state index contributed by atoms with van der Waals surface area (Å²) >= 11 is 3.62. The molecule has 0 aliphatic rings. The van der Waals surface area contributed by atoms with E-state index in [-0.39, 0.29) is 0 Å². The molecule has 0 spiro atoms. The van der Waals surface area contributed by atoms with Gasteiger partial charge in [0.25, 0.3) is 6.43 Å². The highest BCUT2D eigenvalue weighted by Gasteiger charge is 2.16. The molecule has 0 radical (unpaired) electrons. The molecule has 6 heteroatoms. The Balaban J connectivity index is 3.23. The summed E-state index contributed by atoms with van der Waals surface area (Å²) in [4.78, 5) is 3.43. The van der Waals surface area contributed by atoms with Gasteiger partial charge in [0.05, 0.1) is 0 Å². The van der Waals surface area contributed by atoms with Crippen LogP contribution in [0.3, 0.4) is 0 Å². The molecule has 0 aliphatic heterocycles. The second-order valence-electron chi connectivity index (χ2n) is 1.93. The fourth-order valence-electron chi connectivity index (χ4n) is 0.610. The number of pyridine rings is 1. The third kappa shape index (κ3) is 2.21. The Hall–Kier alpha value is 0.400. The van der Waals surface area contributed by atoms with Crippen LogP contribution in [-0.2, 0) is 0 Å². The van der Waals surface area contributed by atoms with Crippen LogP contribution in [0.25, 0.3) is 0 Å². The molecule has 0 N–H and O–H groups in total. The van der Waals surface area contributed by atoms with Crippen LogP contribution >= 0.6 is 45.2 Å². The summed E-state index contributed by atoms with van der Waals surface area (Å²) in [6, 6.07) is 1.05. The standard InChI is InChI=1S/C6H2F3I2N/c7-2-1-3(10)6(11)12-4(2)5(8)9/h1,5H. The molecule has 1 aromatic heterocycles. The maximum absolute atomic E-state index is 12.7. The van der Waals surface area contributed by atoms with Crippen LogP contribution in [0, 0.1) is 13.1 Å². The second-order valence-corrected chi connectivity index (χ2v) is 4.11. The van der Waals surface area contributed by atoms with E-state index in [1.165, 1.54) is 0 Å². The average molecular weight is 399 g/mol. The van der Waals surface area contributed by atoms with E-state index in [0.29, 0.717) is 7.27 Å². The summed E-state index contributed by atoms with van der Waals surface area (Å²) in [6.07, 6.45) is -2.85. The Morgan fingerprint density at radius 1 is 1.33 bits per heavy atom. The molecule has 0 saturated heterocycles. The van der Waals surface area contributed by atoms with Crippen molar-refractivity contribution in [3.05, 3.63) is 24.8 Å². The highest BCUT2D eigenvalue weighted by Crippen LogP contribution is 2.23. The molecule has 1 rings (SSSR count). The van der Waals surface area contributed by atoms with Crippen LogP contribution in [0.1, 0.15) is 12.1 Å². The summed E-state index contributed by atoms with van der Waals surface area (Å²) in [5.74, 6) is -0.949. The first-order valence-corrected chi connectivity index (χ1v) is 4.97. The molecule has 12 heavy (non-hydrogen) atoms. The number of aromatic nitrogens is 1. The monoisotopic (exact) mass is 399 g/mol. The van der Waals surface area contributed by atoms with Gasteiger partial charge in [-0.1, -0.05) is 0 Å². The lowest BCUT2D eigenvalue weighted by Crippen LogP contribution is -1.99. The smallest absolute Gasteiger partial charge is 0.237 e. The van der Waals surface area contributed by atoms with Crippen LogP contribution in [0.4, 0.5) is 13.2 Å². The van der Waals surface area contributed by atoms with Crippen LogP contribution in [0.5, 0.6) is 0 Å². The van der Waals surface area contributed by atoms with Gasteiger partial charge in [0.2, 0.25) is 0 Å². The maximum atomic E-state index is 12.7. The van der Waals surface area contributed by atoms with Gasteiger partial charge >= 0.3 is 0 Å². The van der Waals surface area contributed by atoms with Gasteiger partial charge in [0.1, 0.15) is 9.39 Å². The molecule has 1 heterocycles. The molecule has 0 atom stereocenters. The highest BCUT2D eigenvalue weighted by molar-refractivity contribution is 14.1. The number of nitrogens with zero attached hydrogens (tertiary/aromatic N) is 1. The lowest BCUT2D eigenvalue weighted by molar-refractivity contribution is 0.140. The van der Waals surface area contributed by atoms with E-state index < -0.39 is 17.9 Å². The molecule has 66 valence electrons. The van der Waals surface area contributed by atoms with Gasteiger partial charge in [-0.05, 0) is 51.2 Å². The first-order chi connectivity index (χ1) is 5.52. The van der Waals surface area contributed by atoms with Crippen molar-refractivity contribution in [3.63, 3.8) is 0 Å². The largest absolute Gasteiger partial charge is 0.283 e. The van der Waals surface area contributed by atoms with Gasteiger partial charge in [-0.15, -0.1) is 0 Å². The average Bonchev–Trinajstić information content (AvgIpc) is 1.96. The summed E-state index contributed by atoms with van der Waals surface area (Å²) in [6.45, 7) is 0. The summed E-state index contributed by atoms with van der Waals surface area (Å²) in [7, 11) is 0. The number of hydrogen-bond acceptors (Lipinski definition) is 1. The van der Waals surface area contributed by atoms with E-state index in [9.17, 15) is 13.2 Å².